The maximum absolute atomic E-state index is 10.3. The summed E-state index contributed by atoms with van der Waals surface area (Å²) >= 11 is 0. The fourth-order valence-corrected chi connectivity index (χ4v) is 5.04. The van der Waals surface area contributed by atoms with Crippen molar-refractivity contribution in [2.45, 2.75) is 52.6 Å². The average molecular weight is 220 g/mol. The number of fused-ring (bicyclic) bond motifs is 1. The fraction of sp³-hybridized carbons (Fsp3) is 0.867. The van der Waals surface area contributed by atoms with E-state index in [0.717, 1.165) is 24.2 Å². The maximum Gasteiger partial charge on any atom is 0.0625 e. The third kappa shape index (κ3) is 1.11. The van der Waals surface area contributed by atoms with Crippen LogP contribution in [0.3, 0.4) is 0 Å². The molecule has 0 aromatic rings. The van der Waals surface area contributed by atoms with Crippen molar-refractivity contribution in [3.8, 4) is 0 Å². The molecule has 2 fully saturated rings. The second kappa shape index (κ2) is 2.93. The van der Waals surface area contributed by atoms with Gasteiger partial charge < -0.3 is 5.11 Å². The van der Waals surface area contributed by atoms with Crippen molar-refractivity contribution >= 4 is 0 Å². The predicted octanol–water partition coefficient (Wildman–Crippen LogP) is 3.39. The molecule has 1 spiro atoms. The monoisotopic (exact) mass is 220 g/mol. The fourth-order valence-electron chi connectivity index (χ4n) is 5.04. The van der Waals surface area contributed by atoms with E-state index < -0.39 is 5.60 Å². The first kappa shape index (κ1) is 10.8. The number of hydrogen-bond acceptors (Lipinski definition) is 1. The summed E-state index contributed by atoms with van der Waals surface area (Å²) in [5, 5.41) is 10.3. The van der Waals surface area contributed by atoms with E-state index in [1.54, 1.807) is 5.57 Å². The molecule has 90 valence electrons. The van der Waals surface area contributed by atoms with Crippen LogP contribution in [-0.4, -0.2) is 10.7 Å². The highest BCUT2D eigenvalue weighted by molar-refractivity contribution is 5.36. The zero-order valence-electron chi connectivity index (χ0n) is 11.0. The molecule has 0 aromatic heterocycles. The van der Waals surface area contributed by atoms with E-state index in [0.29, 0.717) is 11.3 Å². The van der Waals surface area contributed by atoms with E-state index >= 15 is 0 Å². The average Bonchev–Trinajstić information content (AvgIpc) is 2.73. The number of allylic oxidation sites excluding steroid dienone is 2. The first-order chi connectivity index (χ1) is 7.39. The van der Waals surface area contributed by atoms with E-state index in [4.69, 9.17) is 0 Å². The summed E-state index contributed by atoms with van der Waals surface area (Å²) in [7, 11) is 0. The smallest absolute Gasteiger partial charge is 0.0625 e. The summed E-state index contributed by atoms with van der Waals surface area (Å²) in [5.41, 5.74) is 1.65. The van der Waals surface area contributed by atoms with E-state index in [1.165, 1.54) is 12.8 Å². The quantitative estimate of drug-likeness (QED) is 0.672. The summed E-state index contributed by atoms with van der Waals surface area (Å²) in [6.07, 6.45) is 6.27. The highest BCUT2D eigenvalue weighted by atomic mass is 16.3. The van der Waals surface area contributed by atoms with Gasteiger partial charge in [0.25, 0.3) is 0 Å². The summed E-state index contributed by atoms with van der Waals surface area (Å²) in [6.45, 7) is 8.73. The van der Waals surface area contributed by atoms with Crippen molar-refractivity contribution in [2.24, 2.45) is 29.1 Å². The Balaban J connectivity index is 1.97. The van der Waals surface area contributed by atoms with Gasteiger partial charge >= 0.3 is 0 Å². The Hall–Kier alpha value is -0.300. The van der Waals surface area contributed by atoms with Crippen molar-refractivity contribution in [1.29, 1.82) is 0 Å². The Morgan fingerprint density at radius 3 is 2.69 bits per heavy atom. The lowest BCUT2D eigenvalue weighted by Crippen LogP contribution is -2.36. The lowest BCUT2D eigenvalue weighted by molar-refractivity contribution is -0.00369. The van der Waals surface area contributed by atoms with Crippen molar-refractivity contribution < 1.29 is 5.11 Å². The highest BCUT2D eigenvalue weighted by Gasteiger charge is 2.73. The molecule has 2 saturated carbocycles. The molecule has 1 N–H and O–H groups in total. The molecule has 0 aliphatic heterocycles. The van der Waals surface area contributed by atoms with Crippen LogP contribution in [0.4, 0.5) is 0 Å². The zero-order chi connectivity index (χ0) is 11.7. The SMILES string of the molecule is CC1=CC[C@@H](C(C)(C)O)C2[C@@H]3[C@H](C)CCC123. The zero-order valence-corrected chi connectivity index (χ0v) is 11.0. The van der Waals surface area contributed by atoms with Gasteiger partial charge in [0.2, 0.25) is 0 Å². The molecule has 0 heterocycles. The normalized spacial score (nSPS) is 50.7. The molecule has 16 heavy (non-hydrogen) atoms. The van der Waals surface area contributed by atoms with Crippen molar-refractivity contribution in [3.05, 3.63) is 11.6 Å². The molecule has 0 aromatic carbocycles. The molecule has 2 unspecified atom stereocenters. The molecule has 3 rings (SSSR count). The molecule has 0 amide bonds. The standard InChI is InChI=1S/C15H24O/c1-9-7-8-15-10(2)5-6-11(14(3,4)16)13(15)12(9)15/h5,9,11-13,16H,6-8H2,1-4H3/t9-,11-,12+,13?,15?/m1/s1. The molecule has 0 bridgehead atoms. The Kier molecular flexibility index (Phi) is 1.98. The Morgan fingerprint density at radius 2 is 2.06 bits per heavy atom. The van der Waals surface area contributed by atoms with Crippen LogP contribution in [0.2, 0.25) is 0 Å². The summed E-state index contributed by atoms with van der Waals surface area (Å²) in [6, 6.07) is 0. The summed E-state index contributed by atoms with van der Waals surface area (Å²) in [5.74, 6) is 3.02. The predicted molar refractivity (Wildman–Crippen MR) is 66.0 cm³/mol. The molecule has 0 radical (unpaired) electrons. The van der Waals surface area contributed by atoms with Gasteiger partial charge in [0.1, 0.15) is 0 Å². The largest absolute Gasteiger partial charge is 0.390 e. The topological polar surface area (TPSA) is 20.2 Å². The van der Waals surface area contributed by atoms with Gasteiger partial charge in [-0.3, -0.25) is 0 Å². The van der Waals surface area contributed by atoms with Gasteiger partial charge in [0, 0.05) is 0 Å². The summed E-state index contributed by atoms with van der Waals surface area (Å²) < 4.78 is 0. The van der Waals surface area contributed by atoms with Crippen LogP contribution >= 0.6 is 0 Å². The minimum Gasteiger partial charge on any atom is -0.390 e. The minimum absolute atomic E-state index is 0.490. The molecule has 1 heteroatoms. The number of hydrogen-bond donors (Lipinski definition) is 1. The molecular weight excluding hydrogens is 196 g/mol. The van der Waals surface area contributed by atoms with Crippen LogP contribution in [0.1, 0.15) is 47.0 Å². The second-order valence-electron chi connectivity index (χ2n) is 6.99. The van der Waals surface area contributed by atoms with Gasteiger partial charge in [-0.15, -0.1) is 0 Å². The van der Waals surface area contributed by atoms with Gasteiger partial charge in [-0.05, 0) is 69.1 Å². The molecule has 0 saturated heterocycles. The summed E-state index contributed by atoms with van der Waals surface area (Å²) in [4.78, 5) is 0. The van der Waals surface area contributed by atoms with E-state index in [9.17, 15) is 5.11 Å². The van der Waals surface area contributed by atoms with Gasteiger partial charge in [0.15, 0.2) is 0 Å². The number of aliphatic hydroxyl groups is 1. The van der Waals surface area contributed by atoms with E-state index in [1.807, 2.05) is 13.8 Å². The van der Waals surface area contributed by atoms with Gasteiger partial charge in [-0.1, -0.05) is 18.6 Å². The first-order valence-corrected chi connectivity index (χ1v) is 6.78. The lowest BCUT2D eigenvalue weighted by Gasteiger charge is -2.35. The molecule has 3 aliphatic carbocycles. The van der Waals surface area contributed by atoms with Crippen LogP contribution in [0.15, 0.2) is 11.6 Å². The maximum atomic E-state index is 10.3. The lowest BCUT2D eigenvalue weighted by atomic mass is 9.73. The van der Waals surface area contributed by atoms with Gasteiger partial charge in [0.05, 0.1) is 5.60 Å². The van der Waals surface area contributed by atoms with Crippen LogP contribution in [0.5, 0.6) is 0 Å². The van der Waals surface area contributed by atoms with E-state index in [-0.39, 0.29) is 0 Å². The van der Waals surface area contributed by atoms with Crippen LogP contribution in [-0.2, 0) is 0 Å². The van der Waals surface area contributed by atoms with Crippen molar-refractivity contribution in [2.75, 3.05) is 0 Å². The second-order valence-corrected chi connectivity index (χ2v) is 6.99. The van der Waals surface area contributed by atoms with Crippen molar-refractivity contribution in [1.82, 2.24) is 0 Å². The molecule has 1 nitrogen and oxygen atoms in total. The Morgan fingerprint density at radius 1 is 1.38 bits per heavy atom. The Bertz CT molecular complexity index is 349. The van der Waals surface area contributed by atoms with Crippen LogP contribution in [0, 0.1) is 29.1 Å². The molecule has 3 aliphatic rings. The molecule has 5 atom stereocenters. The molecular formula is C15H24O. The van der Waals surface area contributed by atoms with Crippen LogP contribution < -0.4 is 0 Å². The first-order valence-electron chi connectivity index (χ1n) is 6.78. The third-order valence-electron chi connectivity index (χ3n) is 5.85. The Labute approximate surface area is 98.9 Å². The highest BCUT2D eigenvalue weighted by Crippen LogP contribution is 2.78. The minimum atomic E-state index is -0.501. The number of rotatable bonds is 1. The third-order valence-corrected chi connectivity index (χ3v) is 5.85. The van der Waals surface area contributed by atoms with Gasteiger partial charge in [-0.25, -0.2) is 0 Å². The van der Waals surface area contributed by atoms with Gasteiger partial charge in [-0.2, -0.15) is 0 Å². The van der Waals surface area contributed by atoms with Crippen LogP contribution in [0.25, 0.3) is 0 Å². The van der Waals surface area contributed by atoms with Crippen molar-refractivity contribution in [3.63, 3.8) is 0 Å². The van der Waals surface area contributed by atoms with E-state index in [2.05, 4.69) is 19.9 Å².